The molecule has 0 aliphatic carbocycles. The van der Waals surface area contributed by atoms with Crippen molar-refractivity contribution < 1.29 is 4.79 Å². The van der Waals surface area contributed by atoms with Gasteiger partial charge in [-0.25, -0.2) is 0 Å². The smallest absolute Gasteiger partial charge is 0.251 e. The van der Waals surface area contributed by atoms with Crippen LogP contribution in [0.4, 0.5) is 0 Å². The number of benzene rings is 2. The lowest BCUT2D eigenvalue weighted by molar-refractivity contribution is 0.0963. The zero-order valence-electron chi connectivity index (χ0n) is 10.7. The summed E-state index contributed by atoms with van der Waals surface area (Å²) in [5.74, 6) is -0.0506. The molecule has 2 heteroatoms. The van der Waals surface area contributed by atoms with E-state index in [0.29, 0.717) is 5.56 Å². The lowest BCUT2D eigenvalue weighted by Crippen LogP contribution is -2.17. The van der Waals surface area contributed by atoms with Crippen molar-refractivity contribution in [1.82, 2.24) is 5.32 Å². The first-order valence-corrected chi connectivity index (χ1v) is 6.16. The zero-order chi connectivity index (χ0) is 13.0. The van der Waals surface area contributed by atoms with Crippen LogP contribution >= 0.6 is 0 Å². The van der Waals surface area contributed by atoms with E-state index in [2.05, 4.69) is 30.4 Å². The van der Waals surface area contributed by atoms with Crippen molar-refractivity contribution in [3.63, 3.8) is 0 Å². The van der Waals surface area contributed by atoms with Gasteiger partial charge in [-0.2, -0.15) is 0 Å². The molecule has 0 aliphatic rings. The molecule has 0 unspecified atom stereocenters. The molecule has 1 N–H and O–H groups in total. The summed E-state index contributed by atoms with van der Waals surface area (Å²) in [6.45, 7) is 2.15. The molecule has 0 radical (unpaired) electrons. The van der Waals surface area contributed by atoms with Crippen molar-refractivity contribution >= 4 is 5.91 Å². The van der Waals surface area contributed by atoms with E-state index in [1.807, 2.05) is 30.3 Å². The Morgan fingerprint density at radius 2 is 1.72 bits per heavy atom. The van der Waals surface area contributed by atoms with Gasteiger partial charge in [0.2, 0.25) is 0 Å². The first-order valence-electron chi connectivity index (χ1n) is 6.16. The molecular weight excluding hydrogens is 222 g/mol. The lowest BCUT2D eigenvalue weighted by atomic mass is 9.97. The van der Waals surface area contributed by atoms with E-state index < -0.39 is 0 Å². The molecule has 0 fully saturated rings. The molecule has 2 aromatic carbocycles. The minimum atomic E-state index is -0.0506. The SMILES string of the molecule is CCc1ccccc1-c1ccc(C(=O)NC)cc1. The highest BCUT2D eigenvalue weighted by atomic mass is 16.1. The number of carbonyl (C=O) groups excluding carboxylic acids is 1. The molecule has 0 aromatic heterocycles. The lowest BCUT2D eigenvalue weighted by Gasteiger charge is -2.08. The molecule has 92 valence electrons. The minimum Gasteiger partial charge on any atom is -0.355 e. The summed E-state index contributed by atoms with van der Waals surface area (Å²) in [6.07, 6.45) is 1.01. The van der Waals surface area contributed by atoms with Crippen LogP contribution in [-0.2, 0) is 6.42 Å². The van der Waals surface area contributed by atoms with E-state index in [0.717, 1.165) is 12.0 Å². The molecular formula is C16H17NO. The van der Waals surface area contributed by atoms with Crippen LogP contribution in [-0.4, -0.2) is 13.0 Å². The number of rotatable bonds is 3. The van der Waals surface area contributed by atoms with Gasteiger partial charge in [0.05, 0.1) is 0 Å². The molecule has 0 aliphatic heterocycles. The number of amides is 1. The largest absolute Gasteiger partial charge is 0.355 e. The third kappa shape index (κ3) is 2.43. The first kappa shape index (κ1) is 12.4. The second-order valence-electron chi connectivity index (χ2n) is 4.17. The predicted molar refractivity (Wildman–Crippen MR) is 74.6 cm³/mol. The van der Waals surface area contributed by atoms with E-state index in [-0.39, 0.29) is 5.91 Å². The van der Waals surface area contributed by atoms with E-state index in [1.165, 1.54) is 11.1 Å². The number of hydrogen-bond acceptors (Lipinski definition) is 1. The van der Waals surface area contributed by atoms with Gasteiger partial charge in [-0.3, -0.25) is 4.79 Å². The average molecular weight is 239 g/mol. The molecule has 0 saturated carbocycles. The Morgan fingerprint density at radius 3 is 2.33 bits per heavy atom. The average Bonchev–Trinajstić information content (AvgIpc) is 2.46. The third-order valence-corrected chi connectivity index (χ3v) is 3.08. The Bertz CT molecular complexity index is 543. The van der Waals surface area contributed by atoms with Gasteiger partial charge in [-0.15, -0.1) is 0 Å². The van der Waals surface area contributed by atoms with E-state index in [9.17, 15) is 4.79 Å². The Hall–Kier alpha value is -2.09. The fraction of sp³-hybridized carbons (Fsp3) is 0.188. The van der Waals surface area contributed by atoms with Crippen molar-refractivity contribution in [1.29, 1.82) is 0 Å². The molecule has 1 amide bonds. The van der Waals surface area contributed by atoms with Crippen molar-refractivity contribution in [2.75, 3.05) is 7.05 Å². The maximum absolute atomic E-state index is 11.5. The van der Waals surface area contributed by atoms with Crippen LogP contribution in [0.1, 0.15) is 22.8 Å². The third-order valence-electron chi connectivity index (χ3n) is 3.08. The van der Waals surface area contributed by atoms with Crippen molar-refractivity contribution in [2.45, 2.75) is 13.3 Å². The molecule has 2 nitrogen and oxygen atoms in total. The normalized spacial score (nSPS) is 10.1. The van der Waals surface area contributed by atoms with Gasteiger partial charge in [0, 0.05) is 12.6 Å². The summed E-state index contributed by atoms with van der Waals surface area (Å²) in [4.78, 5) is 11.5. The Balaban J connectivity index is 2.37. The molecule has 0 saturated heterocycles. The predicted octanol–water partition coefficient (Wildman–Crippen LogP) is 3.28. The Morgan fingerprint density at radius 1 is 1.06 bits per heavy atom. The van der Waals surface area contributed by atoms with Crippen LogP contribution in [0.15, 0.2) is 48.5 Å². The maximum Gasteiger partial charge on any atom is 0.251 e. The van der Waals surface area contributed by atoms with E-state index in [4.69, 9.17) is 0 Å². The van der Waals surface area contributed by atoms with Gasteiger partial charge in [0.25, 0.3) is 5.91 Å². The molecule has 2 rings (SSSR count). The van der Waals surface area contributed by atoms with Crippen molar-refractivity contribution in [2.24, 2.45) is 0 Å². The van der Waals surface area contributed by atoms with Gasteiger partial charge in [0.15, 0.2) is 0 Å². The van der Waals surface area contributed by atoms with Crippen LogP contribution < -0.4 is 5.32 Å². The molecule has 0 atom stereocenters. The van der Waals surface area contributed by atoms with Gasteiger partial charge in [-0.05, 0) is 35.2 Å². The van der Waals surface area contributed by atoms with Crippen molar-refractivity contribution in [3.8, 4) is 11.1 Å². The topological polar surface area (TPSA) is 29.1 Å². The van der Waals surface area contributed by atoms with Crippen LogP contribution in [0.5, 0.6) is 0 Å². The number of nitrogens with one attached hydrogen (secondary N) is 1. The summed E-state index contributed by atoms with van der Waals surface area (Å²) in [7, 11) is 1.64. The summed E-state index contributed by atoms with van der Waals surface area (Å²) >= 11 is 0. The van der Waals surface area contributed by atoms with Crippen LogP contribution in [0, 0.1) is 0 Å². The van der Waals surface area contributed by atoms with Crippen LogP contribution in [0.2, 0.25) is 0 Å². The highest BCUT2D eigenvalue weighted by Gasteiger charge is 2.05. The molecule has 2 aromatic rings. The molecule has 0 bridgehead atoms. The summed E-state index contributed by atoms with van der Waals surface area (Å²) in [5, 5.41) is 2.62. The molecule has 18 heavy (non-hydrogen) atoms. The first-order chi connectivity index (χ1) is 8.76. The maximum atomic E-state index is 11.5. The Labute approximate surface area is 108 Å². The second kappa shape index (κ2) is 5.50. The number of hydrogen-bond donors (Lipinski definition) is 1. The fourth-order valence-electron chi connectivity index (χ4n) is 2.06. The van der Waals surface area contributed by atoms with Gasteiger partial charge in [-0.1, -0.05) is 43.3 Å². The monoisotopic (exact) mass is 239 g/mol. The summed E-state index contributed by atoms with van der Waals surface area (Å²) in [5.41, 5.74) is 4.41. The highest BCUT2D eigenvalue weighted by Crippen LogP contribution is 2.24. The van der Waals surface area contributed by atoms with Gasteiger partial charge in [0.1, 0.15) is 0 Å². The standard InChI is InChI=1S/C16H17NO/c1-3-12-6-4-5-7-15(12)13-8-10-14(11-9-13)16(18)17-2/h4-11H,3H2,1-2H3,(H,17,18). The van der Waals surface area contributed by atoms with Crippen LogP contribution in [0.25, 0.3) is 11.1 Å². The summed E-state index contributed by atoms with van der Waals surface area (Å²) < 4.78 is 0. The van der Waals surface area contributed by atoms with Crippen molar-refractivity contribution in [3.05, 3.63) is 59.7 Å². The number of carbonyl (C=O) groups is 1. The minimum absolute atomic E-state index is 0.0506. The van der Waals surface area contributed by atoms with Gasteiger partial charge >= 0.3 is 0 Å². The Kier molecular flexibility index (Phi) is 3.78. The van der Waals surface area contributed by atoms with E-state index in [1.54, 1.807) is 7.05 Å². The molecule has 0 heterocycles. The van der Waals surface area contributed by atoms with E-state index >= 15 is 0 Å². The highest BCUT2D eigenvalue weighted by molar-refractivity contribution is 5.94. The number of aryl methyl sites for hydroxylation is 1. The zero-order valence-corrected chi connectivity index (χ0v) is 10.7. The quantitative estimate of drug-likeness (QED) is 0.875. The van der Waals surface area contributed by atoms with Crippen LogP contribution in [0.3, 0.4) is 0 Å². The van der Waals surface area contributed by atoms with Gasteiger partial charge < -0.3 is 5.32 Å². The summed E-state index contributed by atoms with van der Waals surface area (Å²) in [6, 6.07) is 16.1. The fourth-order valence-corrected chi connectivity index (χ4v) is 2.06. The second-order valence-corrected chi connectivity index (χ2v) is 4.17. The molecule has 0 spiro atoms.